The summed E-state index contributed by atoms with van der Waals surface area (Å²) in [5, 5.41) is 0.957. The fraction of sp³-hybridized carbons (Fsp3) is 0.267. The molecule has 9 heteroatoms. The SMILES string of the molecule is Cc1cc(OC(=O)c2ccc(P)cc2)ccc1OC(=O)c1ccc(OC(=O)CCCCOC(=O)C(C)C)cc1. The predicted octanol–water partition coefficient (Wildman–Crippen LogP) is 5.21. The zero-order valence-corrected chi connectivity index (χ0v) is 23.3. The second kappa shape index (κ2) is 14.2. The van der Waals surface area contributed by atoms with Crippen molar-refractivity contribution in [2.45, 2.75) is 40.0 Å². The minimum Gasteiger partial charge on any atom is -0.465 e. The molecule has 0 aromatic heterocycles. The Bertz CT molecular complexity index is 1310. The predicted molar refractivity (Wildman–Crippen MR) is 149 cm³/mol. The van der Waals surface area contributed by atoms with Gasteiger partial charge >= 0.3 is 23.9 Å². The Balaban J connectivity index is 1.47. The number of carbonyl (C=O) groups is 4. The summed E-state index contributed by atoms with van der Waals surface area (Å²) in [6.07, 6.45) is 1.27. The van der Waals surface area contributed by atoms with Crippen molar-refractivity contribution in [3.63, 3.8) is 0 Å². The average molecular weight is 551 g/mol. The fourth-order valence-corrected chi connectivity index (χ4v) is 3.49. The lowest BCUT2D eigenvalue weighted by Gasteiger charge is -2.10. The molecule has 0 spiro atoms. The van der Waals surface area contributed by atoms with Crippen LogP contribution in [-0.2, 0) is 14.3 Å². The van der Waals surface area contributed by atoms with E-state index in [0.717, 1.165) is 5.30 Å². The van der Waals surface area contributed by atoms with Gasteiger partial charge in [0.25, 0.3) is 0 Å². The molecular formula is C30H31O8P. The van der Waals surface area contributed by atoms with E-state index in [0.29, 0.717) is 41.2 Å². The molecule has 0 heterocycles. The molecule has 0 fully saturated rings. The van der Waals surface area contributed by atoms with E-state index >= 15 is 0 Å². The summed E-state index contributed by atoms with van der Waals surface area (Å²) in [5.41, 5.74) is 1.31. The number of unbranched alkanes of at least 4 members (excludes halogenated alkanes) is 1. The third-order valence-corrected chi connectivity index (χ3v) is 5.90. The van der Waals surface area contributed by atoms with Crippen molar-refractivity contribution in [3.8, 4) is 17.2 Å². The standard InChI is InChI=1S/C30H31O8P/c1-19(2)28(32)35-17-5-4-6-27(31)36-23-11-7-21(8-12-23)30(34)38-26-16-13-24(18-20(26)3)37-29(33)22-9-14-25(39)15-10-22/h7-16,18-19H,4-6,17,39H2,1-3H3. The first-order valence-corrected chi connectivity index (χ1v) is 13.1. The quantitative estimate of drug-likeness (QED) is 0.139. The summed E-state index contributed by atoms with van der Waals surface area (Å²) in [5.74, 6) is -0.985. The number of hydrogen-bond acceptors (Lipinski definition) is 8. The Morgan fingerprint density at radius 3 is 1.95 bits per heavy atom. The van der Waals surface area contributed by atoms with Crippen LogP contribution in [0, 0.1) is 12.8 Å². The van der Waals surface area contributed by atoms with E-state index < -0.39 is 17.9 Å². The summed E-state index contributed by atoms with van der Waals surface area (Å²) in [7, 11) is 2.55. The number of esters is 4. The van der Waals surface area contributed by atoms with Crippen molar-refractivity contribution in [2.24, 2.45) is 5.92 Å². The van der Waals surface area contributed by atoms with Crippen LogP contribution >= 0.6 is 9.24 Å². The van der Waals surface area contributed by atoms with Crippen molar-refractivity contribution >= 4 is 38.4 Å². The molecule has 39 heavy (non-hydrogen) atoms. The van der Waals surface area contributed by atoms with Crippen LogP contribution in [0.2, 0.25) is 0 Å². The molecule has 0 aliphatic rings. The maximum atomic E-state index is 12.6. The molecule has 204 valence electrons. The van der Waals surface area contributed by atoms with E-state index in [4.69, 9.17) is 18.9 Å². The summed E-state index contributed by atoms with van der Waals surface area (Å²) < 4.78 is 21.3. The zero-order chi connectivity index (χ0) is 28.4. The molecule has 0 bridgehead atoms. The Morgan fingerprint density at radius 2 is 1.33 bits per heavy atom. The number of carbonyl (C=O) groups excluding carboxylic acids is 4. The van der Waals surface area contributed by atoms with Crippen LogP contribution in [0.3, 0.4) is 0 Å². The maximum Gasteiger partial charge on any atom is 0.343 e. The Kier molecular flexibility index (Phi) is 10.8. The highest BCUT2D eigenvalue weighted by atomic mass is 31.0. The monoisotopic (exact) mass is 550 g/mol. The van der Waals surface area contributed by atoms with Gasteiger partial charge in [-0.15, -0.1) is 9.24 Å². The minimum absolute atomic E-state index is 0.178. The second-order valence-electron chi connectivity index (χ2n) is 9.11. The molecule has 0 radical (unpaired) electrons. The Labute approximate surface area is 229 Å². The van der Waals surface area contributed by atoms with Crippen molar-refractivity contribution in [2.75, 3.05) is 6.61 Å². The van der Waals surface area contributed by atoms with E-state index in [1.807, 2.05) is 0 Å². The number of hydrogen-bond donors (Lipinski definition) is 0. The van der Waals surface area contributed by atoms with Gasteiger partial charge in [-0.2, -0.15) is 0 Å². The van der Waals surface area contributed by atoms with Gasteiger partial charge in [-0.05, 0) is 85.2 Å². The van der Waals surface area contributed by atoms with Crippen molar-refractivity contribution < 1.29 is 38.1 Å². The first-order chi connectivity index (χ1) is 18.6. The van der Waals surface area contributed by atoms with Crippen molar-refractivity contribution in [1.82, 2.24) is 0 Å². The van der Waals surface area contributed by atoms with Crippen molar-refractivity contribution in [1.29, 1.82) is 0 Å². The number of benzene rings is 3. The summed E-state index contributed by atoms with van der Waals surface area (Å²) in [6.45, 7) is 5.52. The maximum absolute atomic E-state index is 12.6. The topological polar surface area (TPSA) is 105 Å². The average Bonchev–Trinajstić information content (AvgIpc) is 2.90. The minimum atomic E-state index is -0.589. The number of ether oxygens (including phenoxy) is 4. The normalized spacial score (nSPS) is 10.6. The van der Waals surface area contributed by atoms with Gasteiger partial charge in [-0.3, -0.25) is 9.59 Å². The Hall–Kier alpha value is -4.03. The van der Waals surface area contributed by atoms with Gasteiger partial charge < -0.3 is 18.9 Å². The van der Waals surface area contributed by atoms with Crippen molar-refractivity contribution in [3.05, 3.63) is 83.4 Å². The summed E-state index contributed by atoms with van der Waals surface area (Å²) in [6, 6.07) is 17.7. The van der Waals surface area contributed by atoms with Gasteiger partial charge in [-0.1, -0.05) is 26.0 Å². The third kappa shape index (κ3) is 9.34. The fourth-order valence-electron chi connectivity index (χ4n) is 3.30. The van der Waals surface area contributed by atoms with Crippen LogP contribution in [-0.4, -0.2) is 30.5 Å². The van der Waals surface area contributed by atoms with Gasteiger partial charge in [0.05, 0.1) is 23.7 Å². The van der Waals surface area contributed by atoms with Crippen LogP contribution in [0.4, 0.5) is 0 Å². The van der Waals surface area contributed by atoms with Crippen LogP contribution in [0.5, 0.6) is 17.2 Å². The molecule has 0 N–H and O–H groups in total. The molecule has 3 aromatic carbocycles. The highest BCUT2D eigenvalue weighted by Crippen LogP contribution is 2.25. The highest BCUT2D eigenvalue weighted by molar-refractivity contribution is 7.27. The second-order valence-corrected chi connectivity index (χ2v) is 9.77. The van der Waals surface area contributed by atoms with E-state index in [9.17, 15) is 19.2 Å². The van der Waals surface area contributed by atoms with E-state index in [-0.39, 0.29) is 30.5 Å². The summed E-state index contributed by atoms with van der Waals surface area (Å²) in [4.78, 5) is 48.4. The lowest BCUT2D eigenvalue weighted by Crippen LogP contribution is -2.13. The van der Waals surface area contributed by atoms with Crippen LogP contribution in [0.15, 0.2) is 66.7 Å². The highest BCUT2D eigenvalue weighted by Gasteiger charge is 2.14. The molecule has 0 amide bonds. The van der Waals surface area contributed by atoms with E-state index in [1.165, 1.54) is 24.3 Å². The molecule has 1 atom stereocenters. The summed E-state index contributed by atoms with van der Waals surface area (Å²) >= 11 is 0. The molecule has 0 saturated carbocycles. The van der Waals surface area contributed by atoms with Crippen LogP contribution in [0.25, 0.3) is 0 Å². The van der Waals surface area contributed by atoms with Gasteiger partial charge in [0.15, 0.2) is 0 Å². The first-order valence-electron chi connectivity index (χ1n) is 12.5. The van der Waals surface area contributed by atoms with E-state index in [2.05, 4.69) is 9.24 Å². The lowest BCUT2D eigenvalue weighted by atomic mass is 10.2. The molecule has 3 aromatic rings. The third-order valence-electron chi connectivity index (χ3n) is 5.52. The van der Waals surface area contributed by atoms with Crippen LogP contribution < -0.4 is 19.5 Å². The smallest absolute Gasteiger partial charge is 0.343 e. The largest absolute Gasteiger partial charge is 0.465 e. The molecule has 8 nitrogen and oxygen atoms in total. The van der Waals surface area contributed by atoms with Gasteiger partial charge in [0, 0.05) is 6.42 Å². The zero-order valence-electron chi connectivity index (χ0n) is 22.1. The lowest BCUT2D eigenvalue weighted by molar-refractivity contribution is -0.147. The van der Waals surface area contributed by atoms with E-state index in [1.54, 1.807) is 63.2 Å². The van der Waals surface area contributed by atoms with Gasteiger partial charge in [0.1, 0.15) is 17.2 Å². The first kappa shape index (κ1) is 29.5. The molecule has 0 saturated heterocycles. The van der Waals surface area contributed by atoms with Crippen LogP contribution in [0.1, 0.15) is 59.4 Å². The van der Waals surface area contributed by atoms with Gasteiger partial charge in [0.2, 0.25) is 0 Å². The number of aryl methyl sites for hydroxylation is 1. The number of rotatable bonds is 11. The molecule has 1 unspecified atom stereocenters. The van der Waals surface area contributed by atoms with Gasteiger partial charge in [-0.25, -0.2) is 9.59 Å². The molecular weight excluding hydrogens is 519 g/mol. The Morgan fingerprint density at radius 1 is 0.744 bits per heavy atom. The molecule has 0 aliphatic carbocycles. The molecule has 3 rings (SSSR count). The molecule has 0 aliphatic heterocycles.